The molecule has 1 aromatic carbocycles. The first kappa shape index (κ1) is 15.5. The molecule has 1 amide bonds. The summed E-state index contributed by atoms with van der Waals surface area (Å²) in [7, 11) is 0. The van der Waals surface area contributed by atoms with Gasteiger partial charge in [0.1, 0.15) is 0 Å². The Morgan fingerprint density at radius 1 is 1.17 bits per heavy atom. The highest BCUT2D eigenvalue weighted by molar-refractivity contribution is 5.94. The summed E-state index contributed by atoms with van der Waals surface area (Å²) in [6.45, 7) is -0.00966. The Labute approximate surface area is 130 Å². The minimum Gasteiger partial charge on any atom is -0.391 e. The van der Waals surface area contributed by atoms with Crippen LogP contribution in [0.1, 0.15) is 28.4 Å². The third-order valence-corrected chi connectivity index (χ3v) is 3.87. The summed E-state index contributed by atoms with van der Waals surface area (Å²) in [6.07, 6.45) is 1.56. The van der Waals surface area contributed by atoms with Crippen molar-refractivity contribution in [3.63, 3.8) is 0 Å². The Balaban J connectivity index is 1.95. The van der Waals surface area contributed by atoms with Crippen molar-refractivity contribution in [2.24, 2.45) is 0 Å². The number of benzene rings is 1. The molecule has 1 fully saturated rings. The van der Waals surface area contributed by atoms with E-state index < -0.39 is 35.5 Å². The Bertz CT molecular complexity index is 754. The molecule has 0 radical (unpaired) electrons. The predicted molar refractivity (Wildman–Crippen MR) is 75.0 cm³/mol. The first-order chi connectivity index (χ1) is 11.0. The van der Waals surface area contributed by atoms with Crippen LogP contribution in [0.2, 0.25) is 0 Å². The molecule has 2 aromatic rings. The number of hydrogen-bond acceptors (Lipinski definition) is 3. The van der Waals surface area contributed by atoms with Crippen molar-refractivity contribution in [1.29, 1.82) is 0 Å². The minimum absolute atomic E-state index is 0.00966. The lowest BCUT2D eigenvalue weighted by Crippen LogP contribution is -2.32. The van der Waals surface area contributed by atoms with Gasteiger partial charge in [0.05, 0.1) is 23.9 Å². The van der Waals surface area contributed by atoms with Gasteiger partial charge in [-0.15, -0.1) is 0 Å². The Kier molecular flexibility index (Phi) is 4.04. The van der Waals surface area contributed by atoms with Gasteiger partial charge in [-0.1, -0.05) is 6.07 Å². The molecule has 3 rings (SSSR count). The van der Waals surface area contributed by atoms with Crippen LogP contribution in [0.15, 0.2) is 36.7 Å². The fraction of sp³-hybridized carbons (Fsp3) is 0.250. The second-order valence-electron chi connectivity index (χ2n) is 5.39. The summed E-state index contributed by atoms with van der Waals surface area (Å²) in [5.74, 6) is -3.43. The molecule has 0 bridgehead atoms. The van der Waals surface area contributed by atoms with Gasteiger partial charge >= 0.3 is 0 Å². The molecular weight excluding hydrogens is 309 g/mol. The number of β-amino-alcohol motifs (C(OH)–C–C–N with tert-alkyl or cyclic N) is 1. The SMILES string of the molecule is O=C(c1ccncc1F)N1C[C@H](O)C[C@H]1c1ccc(F)c(F)c1. The third kappa shape index (κ3) is 2.92. The van der Waals surface area contributed by atoms with Gasteiger partial charge in [0.2, 0.25) is 0 Å². The number of likely N-dealkylation sites (tertiary alicyclic amines) is 1. The molecule has 1 N–H and O–H groups in total. The van der Waals surface area contributed by atoms with Gasteiger partial charge in [0.25, 0.3) is 5.91 Å². The maximum absolute atomic E-state index is 13.8. The van der Waals surface area contributed by atoms with E-state index in [4.69, 9.17) is 0 Å². The number of halogens is 3. The summed E-state index contributed by atoms with van der Waals surface area (Å²) in [6, 6.07) is 3.89. The number of aromatic nitrogens is 1. The van der Waals surface area contributed by atoms with Gasteiger partial charge in [0, 0.05) is 12.7 Å². The lowest BCUT2D eigenvalue weighted by molar-refractivity contribution is 0.0710. The first-order valence-corrected chi connectivity index (χ1v) is 7.01. The second kappa shape index (κ2) is 6.00. The van der Waals surface area contributed by atoms with E-state index in [2.05, 4.69) is 4.98 Å². The normalized spacial score (nSPS) is 20.8. The van der Waals surface area contributed by atoms with Crippen LogP contribution in [0.3, 0.4) is 0 Å². The molecule has 120 valence electrons. The van der Waals surface area contributed by atoms with Gasteiger partial charge in [-0.2, -0.15) is 0 Å². The highest BCUT2D eigenvalue weighted by atomic mass is 19.2. The number of amides is 1. The van der Waals surface area contributed by atoms with Crippen LogP contribution in [0.4, 0.5) is 13.2 Å². The van der Waals surface area contributed by atoms with E-state index in [0.29, 0.717) is 5.56 Å². The smallest absolute Gasteiger partial charge is 0.257 e. The van der Waals surface area contributed by atoms with Crippen LogP contribution >= 0.6 is 0 Å². The number of hydrogen-bond donors (Lipinski definition) is 1. The number of carbonyl (C=O) groups is 1. The molecule has 0 spiro atoms. The van der Waals surface area contributed by atoms with Crippen molar-refractivity contribution in [1.82, 2.24) is 9.88 Å². The first-order valence-electron chi connectivity index (χ1n) is 7.01. The standard InChI is InChI=1S/C16H13F3N2O2/c17-12-2-1-9(5-13(12)18)15-6-10(22)8-21(15)16(23)11-3-4-20-7-14(11)19/h1-5,7,10,15,22H,6,8H2/t10-,15+/m1/s1. The second-order valence-corrected chi connectivity index (χ2v) is 5.39. The molecule has 1 aromatic heterocycles. The number of nitrogens with zero attached hydrogens (tertiary/aromatic N) is 2. The van der Waals surface area contributed by atoms with Gasteiger partial charge < -0.3 is 10.0 Å². The summed E-state index contributed by atoms with van der Waals surface area (Å²) in [5.41, 5.74) is 0.171. The summed E-state index contributed by atoms with van der Waals surface area (Å²) in [4.78, 5) is 17.4. The summed E-state index contributed by atoms with van der Waals surface area (Å²) in [5, 5.41) is 9.85. The highest BCUT2D eigenvalue weighted by Crippen LogP contribution is 2.34. The van der Waals surface area contributed by atoms with Crippen LogP contribution in [0, 0.1) is 17.5 Å². The lowest BCUT2D eigenvalue weighted by Gasteiger charge is -2.25. The average molecular weight is 322 g/mol. The molecule has 1 aliphatic heterocycles. The van der Waals surface area contributed by atoms with Gasteiger partial charge in [-0.05, 0) is 30.2 Å². The van der Waals surface area contributed by atoms with Crippen molar-refractivity contribution < 1.29 is 23.1 Å². The molecule has 0 aliphatic carbocycles. The van der Waals surface area contributed by atoms with Crippen molar-refractivity contribution in [2.45, 2.75) is 18.6 Å². The molecule has 0 saturated carbocycles. The van der Waals surface area contributed by atoms with E-state index in [9.17, 15) is 23.1 Å². The van der Waals surface area contributed by atoms with Crippen LogP contribution in [-0.2, 0) is 0 Å². The molecule has 4 nitrogen and oxygen atoms in total. The summed E-state index contributed by atoms with van der Waals surface area (Å²) >= 11 is 0. The maximum Gasteiger partial charge on any atom is 0.257 e. The van der Waals surface area contributed by atoms with Crippen molar-refractivity contribution >= 4 is 5.91 Å². The fourth-order valence-electron chi connectivity index (χ4n) is 2.78. The minimum atomic E-state index is -1.04. The quantitative estimate of drug-likeness (QED) is 0.924. The highest BCUT2D eigenvalue weighted by Gasteiger charge is 2.36. The van der Waals surface area contributed by atoms with E-state index in [0.717, 1.165) is 18.3 Å². The van der Waals surface area contributed by atoms with Gasteiger partial charge in [-0.25, -0.2) is 13.2 Å². The Morgan fingerprint density at radius 2 is 1.96 bits per heavy atom. The molecular formula is C16H13F3N2O2. The van der Waals surface area contributed by atoms with Crippen LogP contribution in [0.5, 0.6) is 0 Å². The van der Waals surface area contributed by atoms with Gasteiger partial charge in [0.15, 0.2) is 17.5 Å². The molecule has 2 atom stereocenters. The lowest BCUT2D eigenvalue weighted by atomic mass is 10.0. The molecule has 7 heteroatoms. The van der Waals surface area contributed by atoms with E-state index in [1.165, 1.54) is 23.2 Å². The Morgan fingerprint density at radius 3 is 2.65 bits per heavy atom. The van der Waals surface area contributed by atoms with Crippen molar-refractivity contribution in [2.75, 3.05) is 6.54 Å². The zero-order valence-corrected chi connectivity index (χ0v) is 11.9. The van der Waals surface area contributed by atoms with E-state index in [1.54, 1.807) is 0 Å². The fourth-order valence-corrected chi connectivity index (χ4v) is 2.78. The number of aliphatic hydroxyl groups excluding tert-OH is 1. The van der Waals surface area contributed by atoms with Crippen LogP contribution in [-0.4, -0.2) is 33.5 Å². The number of rotatable bonds is 2. The summed E-state index contributed by atoms with van der Waals surface area (Å²) < 4.78 is 40.3. The maximum atomic E-state index is 13.8. The van der Waals surface area contributed by atoms with E-state index in [1.807, 2.05) is 0 Å². The molecule has 1 saturated heterocycles. The molecule has 23 heavy (non-hydrogen) atoms. The third-order valence-electron chi connectivity index (χ3n) is 3.87. The van der Waals surface area contributed by atoms with E-state index in [-0.39, 0.29) is 18.5 Å². The number of carbonyl (C=O) groups excluding carboxylic acids is 1. The molecule has 1 aliphatic rings. The predicted octanol–water partition coefficient (Wildman–Crippen LogP) is 2.45. The Hall–Kier alpha value is -2.41. The van der Waals surface area contributed by atoms with Crippen LogP contribution < -0.4 is 0 Å². The number of aliphatic hydroxyl groups is 1. The zero-order valence-electron chi connectivity index (χ0n) is 11.9. The average Bonchev–Trinajstić information content (AvgIpc) is 2.92. The zero-order chi connectivity index (χ0) is 16.6. The topological polar surface area (TPSA) is 53.4 Å². The van der Waals surface area contributed by atoms with Crippen molar-refractivity contribution in [3.05, 3.63) is 65.2 Å². The van der Waals surface area contributed by atoms with Crippen molar-refractivity contribution in [3.8, 4) is 0 Å². The monoisotopic (exact) mass is 322 g/mol. The molecule has 2 heterocycles. The van der Waals surface area contributed by atoms with Gasteiger partial charge in [-0.3, -0.25) is 9.78 Å². The largest absolute Gasteiger partial charge is 0.391 e. The van der Waals surface area contributed by atoms with E-state index >= 15 is 0 Å². The number of pyridine rings is 1. The van der Waals surface area contributed by atoms with Crippen LogP contribution in [0.25, 0.3) is 0 Å². The molecule has 0 unspecified atom stereocenters.